The molecule has 2 amide bonds. The molecule has 0 aliphatic carbocycles. The Bertz CT molecular complexity index is 1050. The number of rotatable bonds is 6. The summed E-state index contributed by atoms with van der Waals surface area (Å²) in [6.07, 6.45) is 9.40. The number of carbonyl (C=O) groups excluding carboxylic acids is 2. The van der Waals surface area contributed by atoms with Crippen LogP contribution in [0.5, 0.6) is 0 Å². The van der Waals surface area contributed by atoms with Gasteiger partial charge in [0.2, 0.25) is 11.8 Å². The number of carbonyl (C=O) groups is 2. The monoisotopic (exact) mass is 447 g/mol. The van der Waals surface area contributed by atoms with Crippen molar-refractivity contribution in [2.75, 3.05) is 39.3 Å². The van der Waals surface area contributed by atoms with Crippen LogP contribution in [0.3, 0.4) is 0 Å². The van der Waals surface area contributed by atoms with Crippen molar-refractivity contribution in [3.05, 3.63) is 42.1 Å². The number of amides is 2. The van der Waals surface area contributed by atoms with Gasteiger partial charge in [-0.05, 0) is 38.3 Å². The summed E-state index contributed by atoms with van der Waals surface area (Å²) in [6.45, 7) is 7.07. The number of aromatic nitrogens is 1. The zero-order valence-corrected chi connectivity index (χ0v) is 19.4. The van der Waals surface area contributed by atoms with Gasteiger partial charge in [0.25, 0.3) is 0 Å². The van der Waals surface area contributed by atoms with E-state index in [1.54, 1.807) is 6.08 Å². The van der Waals surface area contributed by atoms with Crippen molar-refractivity contribution in [1.29, 1.82) is 5.26 Å². The highest BCUT2D eigenvalue weighted by Crippen LogP contribution is 2.23. The van der Waals surface area contributed by atoms with Gasteiger partial charge < -0.3 is 14.4 Å². The Morgan fingerprint density at radius 3 is 2.48 bits per heavy atom. The fourth-order valence-electron chi connectivity index (χ4n) is 4.89. The van der Waals surface area contributed by atoms with Gasteiger partial charge >= 0.3 is 0 Å². The molecule has 0 saturated carbocycles. The van der Waals surface area contributed by atoms with Gasteiger partial charge in [-0.15, -0.1) is 0 Å². The molecule has 1 aromatic carbocycles. The van der Waals surface area contributed by atoms with Crippen molar-refractivity contribution in [2.24, 2.45) is 0 Å². The molecule has 2 saturated heterocycles. The predicted molar refractivity (Wildman–Crippen MR) is 129 cm³/mol. The Labute approximate surface area is 195 Å². The van der Waals surface area contributed by atoms with Crippen molar-refractivity contribution < 1.29 is 9.59 Å². The molecule has 2 aliphatic heterocycles. The van der Waals surface area contributed by atoms with E-state index >= 15 is 0 Å². The molecule has 33 heavy (non-hydrogen) atoms. The van der Waals surface area contributed by atoms with Crippen LogP contribution < -0.4 is 0 Å². The van der Waals surface area contributed by atoms with Gasteiger partial charge in [0.15, 0.2) is 0 Å². The lowest BCUT2D eigenvalue weighted by atomic mass is 10.1. The Morgan fingerprint density at radius 1 is 1.03 bits per heavy atom. The molecule has 0 radical (unpaired) electrons. The second-order valence-electron chi connectivity index (χ2n) is 8.96. The Balaban J connectivity index is 1.35. The van der Waals surface area contributed by atoms with Gasteiger partial charge in [-0.2, -0.15) is 5.26 Å². The molecule has 1 unspecified atom stereocenters. The first-order valence-corrected chi connectivity index (χ1v) is 12.0. The molecular weight excluding hydrogens is 414 g/mol. The van der Waals surface area contributed by atoms with Gasteiger partial charge in [0.05, 0.1) is 18.5 Å². The number of piperazine rings is 1. The third kappa shape index (κ3) is 5.28. The number of hydrogen-bond donors (Lipinski definition) is 0. The quantitative estimate of drug-likeness (QED) is 0.638. The number of hydrogen-bond acceptors (Lipinski definition) is 4. The fraction of sp³-hybridized carbons (Fsp3) is 0.500. The lowest BCUT2D eigenvalue weighted by Gasteiger charge is -2.39. The first kappa shape index (κ1) is 23.1. The largest absolute Gasteiger partial charge is 0.346 e. The molecule has 1 aromatic heterocycles. The van der Waals surface area contributed by atoms with Gasteiger partial charge in [-0.3, -0.25) is 14.5 Å². The van der Waals surface area contributed by atoms with Crippen LogP contribution in [0.4, 0.5) is 0 Å². The summed E-state index contributed by atoms with van der Waals surface area (Å²) >= 11 is 0. The Kier molecular flexibility index (Phi) is 7.46. The minimum absolute atomic E-state index is 0.00137. The smallest absolute Gasteiger partial charge is 0.246 e. The average Bonchev–Trinajstić information content (AvgIpc) is 3.23. The lowest BCUT2D eigenvalue weighted by molar-refractivity contribution is -0.138. The second-order valence-corrected chi connectivity index (χ2v) is 8.96. The maximum Gasteiger partial charge on any atom is 0.246 e. The van der Waals surface area contributed by atoms with E-state index in [0.29, 0.717) is 39.1 Å². The number of aryl methyl sites for hydroxylation is 1. The topological polar surface area (TPSA) is 72.6 Å². The zero-order valence-electron chi connectivity index (χ0n) is 19.4. The fourth-order valence-corrected chi connectivity index (χ4v) is 4.89. The first-order valence-electron chi connectivity index (χ1n) is 12.0. The minimum Gasteiger partial charge on any atom is -0.346 e. The van der Waals surface area contributed by atoms with Gasteiger partial charge in [-0.25, -0.2) is 0 Å². The molecule has 1 atom stereocenters. The molecule has 3 heterocycles. The van der Waals surface area contributed by atoms with Crippen LogP contribution in [0.25, 0.3) is 17.0 Å². The van der Waals surface area contributed by atoms with Gasteiger partial charge in [-0.1, -0.05) is 18.2 Å². The molecule has 2 aromatic rings. The van der Waals surface area contributed by atoms with E-state index in [9.17, 15) is 9.59 Å². The molecule has 2 fully saturated rings. The number of nitrogens with zero attached hydrogens (tertiary/aromatic N) is 5. The van der Waals surface area contributed by atoms with E-state index < -0.39 is 0 Å². The molecular formula is C26H33N5O2. The number of nitriles is 1. The van der Waals surface area contributed by atoms with E-state index in [1.807, 2.05) is 53.3 Å². The molecule has 0 N–H and O–H groups in total. The molecule has 0 bridgehead atoms. The normalized spacial score (nSPS) is 18.5. The summed E-state index contributed by atoms with van der Waals surface area (Å²) in [7, 11) is 0. The van der Waals surface area contributed by atoms with Crippen LogP contribution in [0, 0.1) is 11.3 Å². The van der Waals surface area contributed by atoms with Crippen LogP contribution in [-0.2, 0) is 16.1 Å². The number of likely N-dealkylation sites (tertiary alicyclic amines) is 1. The van der Waals surface area contributed by atoms with Gasteiger partial charge in [0, 0.05) is 74.6 Å². The summed E-state index contributed by atoms with van der Waals surface area (Å²) in [5.41, 5.74) is 2.05. The molecule has 174 valence electrons. The van der Waals surface area contributed by atoms with Crippen LogP contribution in [0.15, 0.2) is 36.5 Å². The molecule has 4 rings (SSSR count). The molecule has 0 spiro atoms. The summed E-state index contributed by atoms with van der Waals surface area (Å²) in [5, 5.41) is 10.0. The number of para-hydroxylation sites is 1. The molecule has 7 nitrogen and oxygen atoms in total. The van der Waals surface area contributed by atoms with Crippen molar-refractivity contribution in [3.63, 3.8) is 0 Å². The Morgan fingerprint density at radius 2 is 1.76 bits per heavy atom. The van der Waals surface area contributed by atoms with Crippen LogP contribution in [-0.4, -0.2) is 76.4 Å². The average molecular weight is 448 g/mol. The van der Waals surface area contributed by atoms with E-state index in [1.165, 1.54) is 6.42 Å². The molecule has 7 heteroatoms. The SMILES string of the molecule is CC(C(=O)N1CCCCC1)N1CCN(C(=O)C=Cc2cn(CCC#N)c3ccccc23)CC1. The first-order chi connectivity index (χ1) is 16.1. The van der Waals surface area contributed by atoms with E-state index in [4.69, 9.17) is 5.26 Å². The van der Waals surface area contributed by atoms with E-state index in [0.717, 1.165) is 42.4 Å². The van der Waals surface area contributed by atoms with Crippen LogP contribution in [0.2, 0.25) is 0 Å². The van der Waals surface area contributed by atoms with E-state index in [2.05, 4.69) is 15.5 Å². The summed E-state index contributed by atoms with van der Waals surface area (Å²) in [4.78, 5) is 31.7. The maximum absolute atomic E-state index is 12.8. The van der Waals surface area contributed by atoms with E-state index in [-0.39, 0.29) is 17.9 Å². The minimum atomic E-state index is -0.129. The highest BCUT2D eigenvalue weighted by molar-refractivity contribution is 5.96. The number of piperidine rings is 1. The molecule has 2 aliphatic rings. The van der Waals surface area contributed by atoms with Crippen molar-refractivity contribution in [1.82, 2.24) is 19.3 Å². The Hall–Kier alpha value is -3.11. The summed E-state index contributed by atoms with van der Waals surface area (Å²) in [6, 6.07) is 10.1. The number of benzene rings is 1. The van der Waals surface area contributed by atoms with Crippen molar-refractivity contribution >= 4 is 28.8 Å². The van der Waals surface area contributed by atoms with Crippen LogP contribution in [0.1, 0.15) is 38.2 Å². The maximum atomic E-state index is 12.8. The van der Waals surface area contributed by atoms with Gasteiger partial charge in [0.1, 0.15) is 0 Å². The summed E-state index contributed by atoms with van der Waals surface area (Å²) in [5.74, 6) is 0.223. The summed E-state index contributed by atoms with van der Waals surface area (Å²) < 4.78 is 2.07. The third-order valence-corrected chi connectivity index (χ3v) is 6.89. The third-order valence-electron chi connectivity index (χ3n) is 6.89. The van der Waals surface area contributed by atoms with Crippen LogP contribution >= 0.6 is 0 Å². The lowest BCUT2D eigenvalue weighted by Crippen LogP contribution is -2.55. The predicted octanol–water partition coefficient (Wildman–Crippen LogP) is 3.11. The number of fused-ring (bicyclic) bond motifs is 1. The highest BCUT2D eigenvalue weighted by atomic mass is 16.2. The second kappa shape index (κ2) is 10.7. The van der Waals surface area contributed by atoms with Crippen molar-refractivity contribution in [3.8, 4) is 6.07 Å². The highest BCUT2D eigenvalue weighted by Gasteiger charge is 2.30. The standard InChI is InChI=1S/C26H33N5O2/c1-21(26(33)30-13-5-2-6-14-30)28-16-18-29(19-17-28)25(32)11-10-22-20-31(15-7-12-27)24-9-4-3-8-23(22)24/h3-4,8-11,20-21H,2,5-7,13-19H2,1H3. The van der Waals surface area contributed by atoms with Crippen molar-refractivity contribution in [2.45, 2.75) is 45.2 Å². The zero-order chi connectivity index (χ0) is 23.2.